The Balaban J connectivity index is 2.23. The van der Waals surface area contributed by atoms with E-state index in [2.05, 4.69) is 4.94 Å². The molecule has 0 spiro atoms. The summed E-state index contributed by atoms with van der Waals surface area (Å²) in [5, 5.41) is 0. The number of ether oxygens (including phenoxy) is 3. The summed E-state index contributed by atoms with van der Waals surface area (Å²) < 4.78 is 28.3. The number of benzene rings is 2. The van der Waals surface area contributed by atoms with Crippen molar-refractivity contribution in [2.24, 2.45) is 0 Å². The second kappa shape index (κ2) is 8.80. The lowest BCUT2D eigenvalue weighted by atomic mass is 10.1. The molecule has 0 radical (unpaired) electrons. The monoisotopic (exact) mass is 318 g/mol. The molecule has 2 rings (SSSR count). The zero-order chi connectivity index (χ0) is 16.5. The first kappa shape index (κ1) is 16.8. The number of hydrogen-bond acceptors (Lipinski definition) is 4. The summed E-state index contributed by atoms with van der Waals surface area (Å²) in [5.74, 6) is 1.61. The molecule has 5 heteroatoms. The fraction of sp³-hybridized carbons (Fsp3) is 0.222. The molecule has 0 aliphatic carbocycles. The molecule has 0 aliphatic rings. The summed E-state index contributed by atoms with van der Waals surface area (Å²) in [6.45, 7) is 0.287. The molecule has 122 valence electrons. The first-order chi connectivity index (χ1) is 11.3. The third-order valence-corrected chi connectivity index (χ3v) is 3.18. The van der Waals surface area contributed by atoms with Gasteiger partial charge < -0.3 is 14.2 Å². The first-order valence-corrected chi connectivity index (χ1v) is 7.11. The molecule has 4 nitrogen and oxygen atoms in total. The van der Waals surface area contributed by atoms with E-state index in [0.29, 0.717) is 23.9 Å². The molecular formula is C18H19FO4. The van der Waals surface area contributed by atoms with Gasteiger partial charge in [0.1, 0.15) is 13.2 Å². The SMILES string of the molecule is COc1cc(/C=C/COF)cc(OC)c1OCc1ccccc1. The van der Waals surface area contributed by atoms with Crippen LogP contribution in [-0.4, -0.2) is 20.8 Å². The van der Waals surface area contributed by atoms with Crippen molar-refractivity contribution >= 4 is 6.08 Å². The topological polar surface area (TPSA) is 36.9 Å². The highest BCUT2D eigenvalue weighted by Gasteiger charge is 2.13. The van der Waals surface area contributed by atoms with E-state index >= 15 is 0 Å². The van der Waals surface area contributed by atoms with Crippen LogP contribution in [0.3, 0.4) is 0 Å². The average molecular weight is 318 g/mol. The van der Waals surface area contributed by atoms with Gasteiger partial charge in [-0.3, -0.25) is 0 Å². The van der Waals surface area contributed by atoms with E-state index in [-0.39, 0.29) is 6.61 Å². The molecule has 2 aromatic rings. The van der Waals surface area contributed by atoms with Crippen LogP contribution in [-0.2, 0) is 11.5 Å². The van der Waals surface area contributed by atoms with Crippen LogP contribution in [0.1, 0.15) is 11.1 Å². The molecular weight excluding hydrogens is 299 g/mol. The Labute approximate surface area is 135 Å². The van der Waals surface area contributed by atoms with Crippen molar-refractivity contribution < 1.29 is 23.7 Å². The van der Waals surface area contributed by atoms with Gasteiger partial charge in [0.15, 0.2) is 11.5 Å². The van der Waals surface area contributed by atoms with Crippen LogP contribution in [0, 0.1) is 0 Å². The van der Waals surface area contributed by atoms with E-state index in [0.717, 1.165) is 11.1 Å². The van der Waals surface area contributed by atoms with E-state index in [4.69, 9.17) is 14.2 Å². The zero-order valence-corrected chi connectivity index (χ0v) is 13.1. The highest BCUT2D eigenvalue weighted by atomic mass is 19.3. The van der Waals surface area contributed by atoms with Gasteiger partial charge in [-0.15, -0.1) is 0 Å². The van der Waals surface area contributed by atoms with Crippen LogP contribution in [0.15, 0.2) is 48.5 Å². The lowest BCUT2D eigenvalue weighted by molar-refractivity contribution is -0.117. The van der Waals surface area contributed by atoms with Crippen molar-refractivity contribution in [2.75, 3.05) is 20.8 Å². The Kier molecular flexibility index (Phi) is 6.44. The Bertz CT molecular complexity index is 616. The van der Waals surface area contributed by atoms with Crippen LogP contribution in [0.25, 0.3) is 6.08 Å². The summed E-state index contributed by atoms with van der Waals surface area (Å²) in [7, 11) is 3.12. The smallest absolute Gasteiger partial charge is 0.203 e. The zero-order valence-electron chi connectivity index (χ0n) is 13.1. The van der Waals surface area contributed by atoms with E-state index in [1.807, 2.05) is 30.3 Å². The van der Waals surface area contributed by atoms with Crippen molar-refractivity contribution in [1.82, 2.24) is 0 Å². The molecule has 0 aromatic heterocycles. The molecule has 0 N–H and O–H groups in total. The second-order valence-electron chi connectivity index (χ2n) is 4.71. The Hall–Kier alpha value is -2.53. The quantitative estimate of drug-likeness (QED) is 0.731. The van der Waals surface area contributed by atoms with Gasteiger partial charge in [0.25, 0.3) is 0 Å². The van der Waals surface area contributed by atoms with E-state index in [1.54, 1.807) is 38.5 Å². The maximum atomic E-state index is 11.7. The summed E-state index contributed by atoms with van der Waals surface area (Å²) in [6, 6.07) is 13.4. The molecule has 0 fully saturated rings. The number of rotatable bonds is 8. The van der Waals surface area contributed by atoms with Gasteiger partial charge in [-0.25, -0.2) is 0 Å². The largest absolute Gasteiger partial charge is 0.493 e. The van der Waals surface area contributed by atoms with Crippen molar-refractivity contribution in [3.63, 3.8) is 0 Å². The Morgan fingerprint density at radius 2 is 1.65 bits per heavy atom. The standard InChI is InChI=1S/C18H19FO4/c1-20-16-11-15(9-6-10-23-19)12-17(21-2)18(16)22-13-14-7-4-3-5-8-14/h3-9,11-12H,10,13H2,1-2H3/b9-6+. The van der Waals surface area contributed by atoms with E-state index in [9.17, 15) is 4.53 Å². The Morgan fingerprint density at radius 3 is 2.22 bits per heavy atom. The van der Waals surface area contributed by atoms with E-state index in [1.165, 1.54) is 0 Å². The van der Waals surface area contributed by atoms with Gasteiger partial charge in [0, 0.05) is 0 Å². The highest BCUT2D eigenvalue weighted by Crippen LogP contribution is 2.39. The van der Waals surface area contributed by atoms with Gasteiger partial charge in [0.2, 0.25) is 5.75 Å². The van der Waals surface area contributed by atoms with Crippen LogP contribution < -0.4 is 14.2 Å². The normalized spacial score (nSPS) is 10.7. The molecule has 0 saturated carbocycles. The van der Waals surface area contributed by atoms with Gasteiger partial charge in [-0.1, -0.05) is 42.5 Å². The average Bonchev–Trinajstić information content (AvgIpc) is 2.60. The van der Waals surface area contributed by atoms with Gasteiger partial charge >= 0.3 is 0 Å². The van der Waals surface area contributed by atoms with Crippen molar-refractivity contribution in [3.8, 4) is 17.2 Å². The van der Waals surface area contributed by atoms with Crippen molar-refractivity contribution in [3.05, 3.63) is 59.7 Å². The molecule has 0 atom stereocenters. The van der Waals surface area contributed by atoms with Crippen LogP contribution >= 0.6 is 0 Å². The van der Waals surface area contributed by atoms with Crippen LogP contribution in [0.4, 0.5) is 4.53 Å². The number of halogens is 1. The molecule has 0 heterocycles. The minimum atomic E-state index is -0.114. The lowest BCUT2D eigenvalue weighted by Gasteiger charge is -2.15. The predicted molar refractivity (Wildman–Crippen MR) is 86.4 cm³/mol. The third-order valence-electron chi connectivity index (χ3n) is 3.18. The van der Waals surface area contributed by atoms with Gasteiger partial charge in [0.05, 0.1) is 14.2 Å². The lowest BCUT2D eigenvalue weighted by Crippen LogP contribution is -2.00. The van der Waals surface area contributed by atoms with Crippen molar-refractivity contribution in [2.45, 2.75) is 6.61 Å². The maximum absolute atomic E-state index is 11.7. The Morgan fingerprint density at radius 1 is 1.00 bits per heavy atom. The number of methoxy groups -OCH3 is 2. The molecule has 0 saturated heterocycles. The minimum Gasteiger partial charge on any atom is -0.493 e. The van der Waals surface area contributed by atoms with E-state index < -0.39 is 0 Å². The summed E-state index contributed by atoms with van der Waals surface area (Å²) in [6.07, 6.45) is 3.27. The third kappa shape index (κ3) is 4.72. The van der Waals surface area contributed by atoms with Gasteiger partial charge in [-0.05, 0) is 27.8 Å². The maximum Gasteiger partial charge on any atom is 0.203 e. The highest BCUT2D eigenvalue weighted by molar-refractivity contribution is 5.62. The fourth-order valence-electron chi connectivity index (χ4n) is 2.09. The second-order valence-corrected chi connectivity index (χ2v) is 4.71. The predicted octanol–water partition coefficient (Wildman–Crippen LogP) is 4.20. The molecule has 0 bridgehead atoms. The summed E-state index contributed by atoms with van der Waals surface area (Å²) in [5.41, 5.74) is 1.84. The summed E-state index contributed by atoms with van der Waals surface area (Å²) in [4.78, 5) is 3.51. The van der Waals surface area contributed by atoms with Crippen LogP contribution in [0.5, 0.6) is 17.2 Å². The number of hydrogen-bond donors (Lipinski definition) is 0. The fourth-order valence-corrected chi connectivity index (χ4v) is 2.09. The molecule has 0 unspecified atom stereocenters. The van der Waals surface area contributed by atoms with Crippen LogP contribution in [0.2, 0.25) is 0 Å². The first-order valence-electron chi connectivity index (χ1n) is 7.11. The van der Waals surface area contributed by atoms with Gasteiger partial charge in [-0.2, -0.15) is 4.94 Å². The van der Waals surface area contributed by atoms with Crippen molar-refractivity contribution in [1.29, 1.82) is 0 Å². The molecule has 2 aromatic carbocycles. The minimum absolute atomic E-state index is 0.114. The molecule has 23 heavy (non-hydrogen) atoms. The summed E-state index contributed by atoms with van der Waals surface area (Å²) >= 11 is 0. The molecule has 0 aliphatic heterocycles. The molecule has 0 amide bonds.